The minimum Gasteiger partial charge on any atom is -0.511 e. The van der Waals surface area contributed by atoms with Crippen LogP contribution in [-0.2, 0) is 11.2 Å². The van der Waals surface area contributed by atoms with Gasteiger partial charge in [0.05, 0.1) is 15.3 Å². The fourth-order valence-electron chi connectivity index (χ4n) is 6.15. The maximum atomic E-state index is 13.5. The number of nitrogens with zero attached hydrogens (tertiary/aromatic N) is 1. The summed E-state index contributed by atoms with van der Waals surface area (Å²) in [5.41, 5.74) is 3.10. The first-order valence-electron chi connectivity index (χ1n) is 11.4. The molecule has 2 atom stereocenters. The van der Waals surface area contributed by atoms with Crippen LogP contribution in [0.15, 0.2) is 42.2 Å². The van der Waals surface area contributed by atoms with E-state index in [2.05, 4.69) is 11.9 Å². The van der Waals surface area contributed by atoms with Gasteiger partial charge in [0.1, 0.15) is 17.0 Å². The number of aliphatic hydroxyl groups excluding tert-OH is 1. The van der Waals surface area contributed by atoms with E-state index < -0.39 is 0 Å². The molecular formula is C26H24ClNO3S. The van der Waals surface area contributed by atoms with E-state index in [0.29, 0.717) is 39.1 Å². The molecule has 7 rings (SSSR count). The second-order valence-electron chi connectivity index (χ2n) is 9.19. The van der Waals surface area contributed by atoms with Gasteiger partial charge < -0.3 is 9.84 Å². The molecule has 1 heterocycles. The van der Waals surface area contributed by atoms with Crippen molar-refractivity contribution in [2.24, 2.45) is 23.7 Å². The second-order valence-corrected chi connectivity index (χ2v) is 10.6. The van der Waals surface area contributed by atoms with E-state index in [4.69, 9.17) is 16.3 Å². The van der Waals surface area contributed by atoms with Gasteiger partial charge in [-0.25, -0.2) is 4.98 Å². The van der Waals surface area contributed by atoms with Gasteiger partial charge in [-0.1, -0.05) is 42.0 Å². The Bertz CT molecular complexity index is 1270. The number of thiazole rings is 1. The van der Waals surface area contributed by atoms with Crippen LogP contribution < -0.4 is 4.74 Å². The predicted molar refractivity (Wildman–Crippen MR) is 128 cm³/mol. The number of halogens is 1. The molecule has 32 heavy (non-hydrogen) atoms. The minimum atomic E-state index is -0.0433. The maximum Gasteiger partial charge on any atom is 0.279 e. The van der Waals surface area contributed by atoms with Crippen molar-refractivity contribution in [1.82, 2.24) is 4.98 Å². The number of carbonyl (C=O) groups is 1. The Balaban J connectivity index is 1.39. The Kier molecular flexibility index (Phi) is 4.81. The second kappa shape index (κ2) is 7.60. The number of aromatic nitrogens is 1. The number of aliphatic hydroxyl groups is 1. The van der Waals surface area contributed by atoms with Crippen LogP contribution >= 0.6 is 22.9 Å². The molecule has 0 amide bonds. The van der Waals surface area contributed by atoms with E-state index >= 15 is 0 Å². The third-order valence-electron chi connectivity index (χ3n) is 7.63. The van der Waals surface area contributed by atoms with Crippen LogP contribution in [0.1, 0.15) is 43.7 Å². The number of rotatable bonds is 4. The van der Waals surface area contributed by atoms with Crippen molar-refractivity contribution in [3.63, 3.8) is 0 Å². The molecular weight excluding hydrogens is 442 g/mol. The van der Waals surface area contributed by atoms with E-state index in [9.17, 15) is 9.90 Å². The number of ketones is 1. The number of hydrogen-bond acceptors (Lipinski definition) is 5. The smallest absolute Gasteiger partial charge is 0.279 e. The first-order chi connectivity index (χ1) is 15.5. The van der Waals surface area contributed by atoms with Crippen molar-refractivity contribution in [1.29, 1.82) is 0 Å². The van der Waals surface area contributed by atoms with Gasteiger partial charge in [-0.05, 0) is 79.3 Å². The lowest BCUT2D eigenvalue weighted by molar-refractivity contribution is -0.123. The fourth-order valence-corrected chi connectivity index (χ4v) is 7.28. The Morgan fingerprint density at radius 1 is 1.12 bits per heavy atom. The van der Waals surface area contributed by atoms with Gasteiger partial charge >= 0.3 is 0 Å². The van der Waals surface area contributed by atoms with Gasteiger partial charge in [-0.3, -0.25) is 4.79 Å². The number of aryl methyl sites for hydroxylation is 1. The summed E-state index contributed by atoms with van der Waals surface area (Å²) in [6.07, 6.45) is 5.25. The number of hydrogen-bond donors (Lipinski definition) is 1. The summed E-state index contributed by atoms with van der Waals surface area (Å²) >= 11 is 7.70. The Hall–Kier alpha value is -2.37. The van der Waals surface area contributed by atoms with Crippen LogP contribution in [-0.4, -0.2) is 15.9 Å². The van der Waals surface area contributed by atoms with Crippen molar-refractivity contribution >= 4 is 44.5 Å². The lowest BCUT2D eigenvalue weighted by Gasteiger charge is -2.44. The monoisotopic (exact) mass is 465 g/mol. The van der Waals surface area contributed by atoms with Crippen molar-refractivity contribution in [3.05, 3.63) is 58.3 Å². The summed E-state index contributed by atoms with van der Waals surface area (Å²) in [4.78, 5) is 18.1. The Morgan fingerprint density at radius 2 is 1.88 bits per heavy atom. The van der Waals surface area contributed by atoms with Crippen LogP contribution in [0.2, 0.25) is 5.02 Å². The van der Waals surface area contributed by atoms with Crippen molar-refractivity contribution in [2.75, 3.05) is 0 Å². The molecule has 2 aromatic carbocycles. The summed E-state index contributed by atoms with van der Waals surface area (Å²) in [6, 6.07) is 11.5. The van der Waals surface area contributed by atoms with Crippen molar-refractivity contribution in [2.45, 2.75) is 39.0 Å². The highest BCUT2D eigenvalue weighted by Gasteiger charge is 2.54. The lowest BCUT2D eigenvalue weighted by Crippen LogP contribution is -2.41. The van der Waals surface area contributed by atoms with Crippen LogP contribution in [0.4, 0.5) is 0 Å². The molecule has 3 saturated carbocycles. The number of carbonyl (C=O) groups excluding carboxylic acids is 1. The number of allylic oxidation sites excluding steroid dienone is 2. The minimum absolute atomic E-state index is 0.00526. The normalized spacial score (nSPS) is 26.8. The number of ether oxygens (including phenoxy) is 1. The molecule has 4 nitrogen and oxygen atoms in total. The number of fused-ring (bicyclic) bond motifs is 3. The summed E-state index contributed by atoms with van der Waals surface area (Å²) < 4.78 is 7.06. The third-order valence-corrected chi connectivity index (χ3v) is 8.83. The largest absolute Gasteiger partial charge is 0.511 e. The third kappa shape index (κ3) is 3.01. The van der Waals surface area contributed by atoms with E-state index in [0.717, 1.165) is 53.4 Å². The molecule has 4 aliphatic rings. The summed E-state index contributed by atoms with van der Waals surface area (Å²) in [6.45, 7) is 2.07. The van der Waals surface area contributed by atoms with Gasteiger partial charge in [-0.2, -0.15) is 0 Å². The summed E-state index contributed by atoms with van der Waals surface area (Å²) in [5, 5.41) is 12.4. The van der Waals surface area contributed by atoms with Gasteiger partial charge in [-0.15, -0.1) is 0 Å². The van der Waals surface area contributed by atoms with Crippen molar-refractivity contribution in [3.8, 4) is 10.9 Å². The zero-order valence-electron chi connectivity index (χ0n) is 17.8. The first kappa shape index (κ1) is 20.3. The zero-order valence-corrected chi connectivity index (χ0v) is 19.4. The highest BCUT2D eigenvalue weighted by molar-refractivity contribution is 7.20. The quantitative estimate of drug-likeness (QED) is 0.442. The highest BCUT2D eigenvalue weighted by Crippen LogP contribution is 2.57. The molecule has 0 saturated heterocycles. The standard InChI is InChI=1S/C26H24ClNO3S/c1-2-13-10-11-16(31-26-28-23-18(27)4-3-5-19(23)32-26)12-17(13)22-24(29)20-14-6-7-15(9-8-14)21(20)25(22)30/h3-5,10-12,14-15,20-21,29H,2,6-9H2,1H3. The maximum absolute atomic E-state index is 13.5. The van der Waals surface area contributed by atoms with Crippen LogP contribution in [0.3, 0.4) is 0 Å². The predicted octanol–water partition coefficient (Wildman–Crippen LogP) is 7.21. The average molecular weight is 466 g/mol. The number of para-hydroxylation sites is 1. The van der Waals surface area contributed by atoms with Crippen molar-refractivity contribution < 1.29 is 14.6 Å². The molecule has 6 heteroatoms. The molecule has 0 spiro atoms. The molecule has 4 aliphatic carbocycles. The Labute approximate surface area is 195 Å². The van der Waals surface area contributed by atoms with Crippen LogP contribution in [0.5, 0.6) is 10.9 Å². The Morgan fingerprint density at radius 3 is 2.56 bits per heavy atom. The van der Waals surface area contributed by atoms with E-state index in [1.807, 2.05) is 36.4 Å². The molecule has 2 unspecified atom stereocenters. The molecule has 1 N–H and O–H groups in total. The summed E-state index contributed by atoms with van der Waals surface area (Å²) in [5.74, 6) is 1.85. The number of Topliss-reactive ketones (excluding diaryl/α,β-unsaturated/α-hetero) is 1. The zero-order chi connectivity index (χ0) is 22.0. The van der Waals surface area contributed by atoms with E-state index in [1.165, 1.54) is 11.3 Å². The summed E-state index contributed by atoms with van der Waals surface area (Å²) in [7, 11) is 0. The molecule has 1 aromatic heterocycles. The van der Waals surface area contributed by atoms with E-state index in [1.54, 1.807) is 0 Å². The fraction of sp³-hybridized carbons (Fsp3) is 0.385. The van der Waals surface area contributed by atoms with Gasteiger partial charge in [0.25, 0.3) is 5.19 Å². The molecule has 0 aliphatic heterocycles. The van der Waals surface area contributed by atoms with Gasteiger partial charge in [0.2, 0.25) is 0 Å². The molecule has 0 radical (unpaired) electrons. The number of benzene rings is 2. The van der Waals surface area contributed by atoms with E-state index in [-0.39, 0.29) is 17.6 Å². The van der Waals surface area contributed by atoms with Gasteiger partial charge in [0, 0.05) is 11.8 Å². The van der Waals surface area contributed by atoms with Gasteiger partial charge in [0.15, 0.2) is 5.78 Å². The first-order valence-corrected chi connectivity index (χ1v) is 12.6. The molecule has 3 fully saturated rings. The lowest BCUT2D eigenvalue weighted by atomic mass is 9.59. The molecule has 2 bridgehead atoms. The highest BCUT2D eigenvalue weighted by atomic mass is 35.5. The molecule has 3 aromatic rings. The average Bonchev–Trinajstić information content (AvgIpc) is 3.35. The van der Waals surface area contributed by atoms with Crippen LogP contribution in [0, 0.1) is 23.7 Å². The topological polar surface area (TPSA) is 59.4 Å². The van der Waals surface area contributed by atoms with Crippen LogP contribution in [0.25, 0.3) is 15.8 Å². The molecule has 164 valence electrons. The SMILES string of the molecule is CCc1ccc(Oc2nc3c(Cl)cccc3s2)cc1C1=C(O)C2C3CCC(CC3)C2C1=O.